The second kappa shape index (κ2) is 5.21. The van der Waals surface area contributed by atoms with Crippen LogP contribution in [0.5, 0.6) is 0 Å². The first kappa shape index (κ1) is 11.9. The van der Waals surface area contributed by atoms with Gasteiger partial charge in [-0.05, 0) is 49.3 Å². The zero-order valence-corrected chi connectivity index (χ0v) is 11.4. The number of hydrogen-bond acceptors (Lipinski definition) is 2. The van der Waals surface area contributed by atoms with Crippen LogP contribution in [0.25, 0.3) is 0 Å². The van der Waals surface area contributed by atoms with Gasteiger partial charge in [0, 0.05) is 31.5 Å². The van der Waals surface area contributed by atoms with E-state index >= 15 is 0 Å². The summed E-state index contributed by atoms with van der Waals surface area (Å²) in [6, 6.07) is 6.71. The van der Waals surface area contributed by atoms with Gasteiger partial charge in [0.15, 0.2) is 0 Å². The van der Waals surface area contributed by atoms with Crippen LogP contribution >= 0.6 is 0 Å². The summed E-state index contributed by atoms with van der Waals surface area (Å²) in [4.78, 5) is 2.49. The molecule has 0 amide bonds. The van der Waals surface area contributed by atoms with Crippen molar-refractivity contribution in [3.05, 3.63) is 23.8 Å². The molecule has 1 heterocycles. The summed E-state index contributed by atoms with van der Waals surface area (Å²) in [6.07, 6.45) is 8.23. The predicted molar refractivity (Wildman–Crippen MR) is 78.5 cm³/mol. The molecule has 2 heteroatoms. The molecule has 1 N–H and O–H groups in total. The van der Waals surface area contributed by atoms with E-state index in [0.717, 1.165) is 12.5 Å². The Morgan fingerprint density at radius 3 is 2.89 bits per heavy atom. The SMILES string of the molecule is CN(CC1CCCC1)c1cccc2c1CCCN2. The molecule has 2 nitrogen and oxygen atoms in total. The van der Waals surface area contributed by atoms with Crippen LogP contribution < -0.4 is 10.2 Å². The Morgan fingerprint density at radius 2 is 2.06 bits per heavy atom. The average molecular weight is 244 g/mol. The van der Waals surface area contributed by atoms with Crippen LogP contribution in [-0.4, -0.2) is 20.1 Å². The van der Waals surface area contributed by atoms with Crippen LogP contribution in [0.3, 0.4) is 0 Å². The smallest absolute Gasteiger partial charge is 0.0417 e. The number of nitrogens with zero attached hydrogens (tertiary/aromatic N) is 1. The van der Waals surface area contributed by atoms with E-state index in [1.807, 2.05) is 0 Å². The number of rotatable bonds is 3. The lowest BCUT2D eigenvalue weighted by atomic mass is 10.00. The third-order valence-corrected chi connectivity index (χ3v) is 4.49. The molecule has 1 aliphatic carbocycles. The van der Waals surface area contributed by atoms with E-state index in [0.29, 0.717) is 0 Å². The molecule has 1 aliphatic heterocycles. The summed E-state index contributed by atoms with van der Waals surface area (Å²) in [6.45, 7) is 2.36. The largest absolute Gasteiger partial charge is 0.385 e. The highest BCUT2D eigenvalue weighted by Crippen LogP contribution is 2.33. The highest BCUT2D eigenvalue weighted by Gasteiger charge is 2.20. The van der Waals surface area contributed by atoms with Gasteiger partial charge in [-0.3, -0.25) is 0 Å². The maximum Gasteiger partial charge on any atom is 0.0417 e. The first-order chi connectivity index (χ1) is 8.84. The van der Waals surface area contributed by atoms with Crippen LogP contribution in [0.4, 0.5) is 11.4 Å². The number of hydrogen-bond donors (Lipinski definition) is 1. The summed E-state index contributed by atoms with van der Waals surface area (Å²) in [7, 11) is 2.27. The van der Waals surface area contributed by atoms with Gasteiger partial charge in [-0.2, -0.15) is 0 Å². The second-order valence-corrected chi connectivity index (χ2v) is 5.86. The van der Waals surface area contributed by atoms with Gasteiger partial charge in [-0.15, -0.1) is 0 Å². The first-order valence-electron chi connectivity index (χ1n) is 7.41. The summed E-state index contributed by atoms with van der Waals surface area (Å²) in [5.74, 6) is 0.919. The summed E-state index contributed by atoms with van der Waals surface area (Å²) in [5, 5.41) is 3.52. The van der Waals surface area contributed by atoms with Gasteiger partial charge < -0.3 is 10.2 Å². The van der Waals surface area contributed by atoms with Crippen molar-refractivity contribution in [3.8, 4) is 0 Å². The monoisotopic (exact) mass is 244 g/mol. The van der Waals surface area contributed by atoms with E-state index < -0.39 is 0 Å². The fraction of sp³-hybridized carbons (Fsp3) is 0.625. The minimum atomic E-state index is 0.919. The molecule has 1 saturated carbocycles. The molecular formula is C16H24N2. The van der Waals surface area contributed by atoms with Crippen molar-refractivity contribution < 1.29 is 0 Å². The summed E-state index contributed by atoms with van der Waals surface area (Å²) in [5.41, 5.74) is 4.34. The molecular weight excluding hydrogens is 220 g/mol. The van der Waals surface area contributed by atoms with Crippen molar-refractivity contribution in [2.75, 3.05) is 30.4 Å². The lowest BCUT2D eigenvalue weighted by Crippen LogP contribution is -2.26. The van der Waals surface area contributed by atoms with Crippen molar-refractivity contribution in [2.24, 2.45) is 5.92 Å². The molecule has 98 valence electrons. The van der Waals surface area contributed by atoms with Gasteiger partial charge in [0.2, 0.25) is 0 Å². The predicted octanol–water partition coefficient (Wildman–Crippen LogP) is 3.67. The van der Waals surface area contributed by atoms with E-state index in [1.165, 1.54) is 62.0 Å². The van der Waals surface area contributed by atoms with Gasteiger partial charge in [0.05, 0.1) is 0 Å². The molecule has 0 bridgehead atoms. The molecule has 0 radical (unpaired) electrons. The van der Waals surface area contributed by atoms with Crippen LogP contribution in [0.15, 0.2) is 18.2 Å². The molecule has 0 unspecified atom stereocenters. The van der Waals surface area contributed by atoms with E-state index in [-0.39, 0.29) is 0 Å². The Bertz CT molecular complexity index is 408. The Kier molecular flexibility index (Phi) is 3.44. The lowest BCUT2D eigenvalue weighted by molar-refractivity contribution is 0.546. The number of benzene rings is 1. The van der Waals surface area contributed by atoms with Gasteiger partial charge in [0.25, 0.3) is 0 Å². The maximum absolute atomic E-state index is 3.52. The highest BCUT2D eigenvalue weighted by atomic mass is 15.1. The Hall–Kier alpha value is -1.18. The Balaban J connectivity index is 1.78. The van der Waals surface area contributed by atoms with Crippen LogP contribution in [0.2, 0.25) is 0 Å². The number of anilines is 2. The molecule has 1 fully saturated rings. The van der Waals surface area contributed by atoms with Gasteiger partial charge >= 0.3 is 0 Å². The van der Waals surface area contributed by atoms with Gasteiger partial charge in [-0.25, -0.2) is 0 Å². The minimum absolute atomic E-state index is 0.919. The lowest BCUT2D eigenvalue weighted by Gasteiger charge is -2.29. The van der Waals surface area contributed by atoms with E-state index in [9.17, 15) is 0 Å². The van der Waals surface area contributed by atoms with Crippen molar-refractivity contribution in [1.29, 1.82) is 0 Å². The minimum Gasteiger partial charge on any atom is -0.385 e. The fourth-order valence-corrected chi connectivity index (χ4v) is 3.53. The highest BCUT2D eigenvalue weighted by molar-refractivity contribution is 5.67. The normalized spacial score (nSPS) is 19.4. The Labute approximate surface area is 110 Å². The molecule has 2 aliphatic rings. The number of nitrogens with one attached hydrogen (secondary N) is 1. The summed E-state index contributed by atoms with van der Waals surface area (Å²) >= 11 is 0. The standard InChI is InChI=1S/C16H24N2/c1-18(12-13-6-2-3-7-13)16-10-4-9-15-14(16)8-5-11-17-15/h4,9-10,13,17H,2-3,5-8,11-12H2,1H3. The van der Waals surface area contributed by atoms with Gasteiger partial charge in [-0.1, -0.05) is 18.9 Å². The molecule has 18 heavy (non-hydrogen) atoms. The zero-order valence-electron chi connectivity index (χ0n) is 11.4. The molecule has 1 aromatic carbocycles. The third-order valence-electron chi connectivity index (χ3n) is 4.49. The quantitative estimate of drug-likeness (QED) is 0.872. The second-order valence-electron chi connectivity index (χ2n) is 5.86. The van der Waals surface area contributed by atoms with E-state index in [2.05, 4.69) is 35.5 Å². The topological polar surface area (TPSA) is 15.3 Å². The molecule has 0 saturated heterocycles. The molecule has 3 rings (SSSR count). The van der Waals surface area contributed by atoms with Crippen molar-refractivity contribution in [3.63, 3.8) is 0 Å². The average Bonchev–Trinajstić information content (AvgIpc) is 2.91. The van der Waals surface area contributed by atoms with Crippen molar-refractivity contribution >= 4 is 11.4 Å². The van der Waals surface area contributed by atoms with Crippen LogP contribution in [0, 0.1) is 5.92 Å². The van der Waals surface area contributed by atoms with Crippen LogP contribution in [-0.2, 0) is 6.42 Å². The zero-order chi connectivity index (χ0) is 12.4. The Morgan fingerprint density at radius 1 is 1.22 bits per heavy atom. The fourth-order valence-electron chi connectivity index (χ4n) is 3.53. The van der Waals surface area contributed by atoms with E-state index in [4.69, 9.17) is 0 Å². The molecule has 1 aromatic rings. The molecule has 0 spiro atoms. The maximum atomic E-state index is 3.52. The third kappa shape index (κ3) is 2.33. The van der Waals surface area contributed by atoms with E-state index in [1.54, 1.807) is 0 Å². The van der Waals surface area contributed by atoms with Crippen LogP contribution in [0.1, 0.15) is 37.7 Å². The first-order valence-corrected chi connectivity index (χ1v) is 7.41. The van der Waals surface area contributed by atoms with Crippen molar-refractivity contribution in [1.82, 2.24) is 0 Å². The van der Waals surface area contributed by atoms with Gasteiger partial charge in [0.1, 0.15) is 0 Å². The van der Waals surface area contributed by atoms with Crippen molar-refractivity contribution in [2.45, 2.75) is 38.5 Å². The summed E-state index contributed by atoms with van der Waals surface area (Å²) < 4.78 is 0. The molecule has 0 aromatic heterocycles. The molecule has 0 atom stereocenters. The number of fused-ring (bicyclic) bond motifs is 1.